The van der Waals surface area contributed by atoms with Crippen LogP contribution >= 0.6 is 0 Å². The van der Waals surface area contributed by atoms with Crippen molar-refractivity contribution in [2.24, 2.45) is 5.41 Å². The molecule has 0 aliphatic heterocycles. The zero-order valence-corrected chi connectivity index (χ0v) is 7.09. The molecule has 0 aromatic heterocycles. The summed E-state index contributed by atoms with van der Waals surface area (Å²) in [6.07, 6.45) is 2.26. The highest BCUT2D eigenvalue weighted by atomic mass is 16.3. The van der Waals surface area contributed by atoms with Gasteiger partial charge in [0.25, 0.3) is 0 Å². The molecular formula is C8H17NO. The van der Waals surface area contributed by atoms with Gasteiger partial charge in [-0.3, -0.25) is 0 Å². The molecule has 1 atom stereocenters. The minimum absolute atomic E-state index is 0.130. The molecule has 0 bridgehead atoms. The van der Waals surface area contributed by atoms with E-state index in [0.717, 1.165) is 6.54 Å². The van der Waals surface area contributed by atoms with Crippen LogP contribution in [-0.4, -0.2) is 36.8 Å². The second kappa shape index (κ2) is 2.51. The first kappa shape index (κ1) is 8.02. The molecular weight excluding hydrogens is 126 g/mol. The number of nitrogens with zero attached hydrogens (tertiary/aromatic N) is 1. The predicted octanol–water partition coefficient (Wildman–Crippen LogP) is 0.709. The maximum atomic E-state index is 9.36. The van der Waals surface area contributed by atoms with E-state index in [1.807, 2.05) is 6.92 Å². The van der Waals surface area contributed by atoms with Gasteiger partial charge in [0.15, 0.2) is 0 Å². The predicted molar refractivity (Wildman–Crippen MR) is 41.9 cm³/mol. The molecule has 1 fully saturated rings. The van der Waals surface area contributed by atoms with E-state index >= 15 is 0 Å². The minimum Gasteiger partial charge on any atom is -0.393 e. The molecule has 60 valence electrons. The zero-order valence-electron chi connectivity index (χ0n) is 7.09. The molecule has 1 N–H and O–H groups in total. The van der Waals surface area contributed by atoms with E-state index in [9.17, 15) is 5.11 Å². The van der Waals surface area contributed by atoms with Crippen LogP contribution in [0, 0.1) is 5.41 Å². The standard InChI is InChI=1S/C8H17NO/c1-7(10)8(4-5-8)6-9(2)3/h7,10H,4-6H2,1-3H3. The van der Waals surface area contributed by atoms with Gasteiger partial charge in [-0.2, -0.15) is 0 Å². The van der Waals surface area contributed by atoms with E-state index in [1.165, 1.54) is 12.8 Å². The average Bonchev–Trinajstić information content (AvgIpc) is 2.46. The van der Waals surface area contributed by atoms with Crippen molar-refractivity contribution in [2.45, 2.75) is 25.9 Å². The second-order valence-corrected chi connectivity index (χ2v) is 3.78. The molecule has 0 heterocycles. The van der Waals surface area contributed by atoms with Crippen LogP contribution in [0.15, 0.2) is 0 Å². The summed E-state index contributed by atoms with van der Waals surface area (Å²) in [7, 11) is 4.12. The molecule has 1 saturated carbocycles. The highest BCUT2D eigenvalue weighted by Crippen LogP contribution is 2.48. The summed E-state index contributed by atoms with van der Waals surface area (Å²) in [5, 5.41) is 9.36. The summed E-state index contributed by atoms with van der Waals surface area (Å²) in [5.41, 5.74) is 0.253. The number of hydrogen-bond acceptors (Lipinski definition) is 2. The van der Waals surface area contributed by atoms with E-state index in [1.54, 1.807) is 0 Å². The van der Waals surface area contributed by atoms with Gasteiger partial charge in [-0.25, -0.2) is 0 Å². The van der Waals surface area contributed by atoms with Crippen LogP contribution in [0.1, 0.15) is 19.8 Å². The van der Waals surface area contributed by atoms with Crippen molar-refractivity contribution in [3.05, 3.63) is 0 Å². The van der Waals surface area contributed by atoms with Crippen molar-refractivity contribution >= 4 is 0 Å². The molecule has 10 heavy (non-hydrogen) atoms. The molecule has 0 spiro atoms. The molecule has 0 amide bonds. The largest absolute Gasteiger partial charge is 0.393 e. The summed E-state index contributed by atoms with van der Waals surface area (Å²) < 4.78 is 0. The van der Waals surface area contributed by atoms with E-state index in [-0.39, 0.29) is 11.5 Å². The third kappa shape index (κ3) is 1.50. The fraction of sp³-hybridized carbons (Fsp3) is 1.00. The van der Waals surface area contributed by atoms with Crippen LogP contribution in [0.25, 0.3) is 0 Å². The summed E-state index contributed by atoms with van der Waals surface area (Å²) in [5.74, 6) is 0. The SMILES string of the molecule is CC(O)C1(CN(C)C)CC1. The Hall–Kier alpha value is -0.0800. The van der Waals surface area contributed by atoms with Crippen molar-refractivity contribution in [1.82, 2.24) is 4.90 Å². The lowest BCUT2D eigenvalue weighted by Gasteiger charge is -2.22. The van der Waals surface area contributed by atoms with Crippen LogP contribution in [-0.2, 0) is 0 Å². The summed E-state index contributed by atoms with van der Waals surface area (Å²) in [4.78, 5) is 2.15. The maximum absolute atomic E-state index is 9.36. The van der Waals surface area contributed by atoms with Crippen molar-refractivity contribution in [3.63, 3.8) is 0 Å². The Kier molecular flexibility index (Phi) is 2.02. The molecule has 1 aliphatic rings. The lowest BCUT2D eigenvalue weighted by molar-refractivity contribution is 0.0904. The molecule has 1 rings (SSSR count). The lowest BCUT2D eigenvalue weighted by atomic mass is 10.0. The second-order valence-electron chi connectivity index (χ2n) is 3.78. The van der Waals surface area contributed by atoms with E-state index in [4.69, 9.17) is 0 Å². The topological polar surface area (TPSA) is 23.5 Å². The first-order valence-electron chi connectivity index (χ1n) is 3.90. The van der Waals surface area contributed by atoms with Crippen LogP contribution in [0.5, 0.6) is 0 Å². The van der Waals surface area contributed by atoms with Gasteiger partial charge in [0.05, 0.1) is 6.10 Å². The van der Waals surface area contributed by atoms with Gasteiger partial charge in [0.1, 0.15) is 0 Å². The fourth-order valence-electron chi connectivity index (χ4n) is 1.50. The molecule has 0 radical (unpaired) electrons. The van der Waals surface area contributed by atoms with Crippen LogP contribution in [0.4, 0.5) is 0 Å². The van der Waals surface area contributed by atoms with E-state index in [2.05, 4.69) is 19.0 Å². The summed E-state index contributed by atoms with van der Waals surface area (Å²) >= 11 is 0. The Labute approximate surface area is 62.8 Å². The van der Waals surface area contributed by atoms with E-state index in [0.29, 0.717) is 0 Å². The van der Waals surface area contributed by atoms with Crippen molar-refractivity contribution in [2.75, 3.05) is 20.6 Å². The Morgan fingerprint density at radius 2 is 2.00 bits per heavy atom. The lowest BCUT2D eigenvalue weighted by Crippen LogP contribution is -2.30. The molecule has 0 aromatic rings. The molecule has 0 saturated heterocycles. The monoisotopic (exact) mass is 143 g/mol. The van der Waals surface area contributed by atoms with Gasteiger partial charge in [0, 0.05) is 12.0 Å². The van der Waals surface area contributed by atoms with Gasteiger partial charge < -0.3 is 10.0 Å². The van der Waals surface area contributed by atoms with Gasteiger partial charge >= 0.3 is 0 Å². The highest BCUT2D eigenvalue weighted by Gasteiger charge is 2.46. The van der Waals surface area contributed by atoms with Crippen molar-refractivity contribution in [3.8, 4) is 0 Å². The highest BCUT2D eigenvalue weighted by molar-refractivity contribution is 4.98. The Morgan fingerprint density at radius 1 is 1.50 bits per heavy atom. The van der Waals surface area contributed by atoms with Gasteiger partial charge in [-0.15, -0.1) is 0 Å². The number of aliphatic hydroxyl groups excluding tert-OH is 1. The molecule has 2 heteroatoms. The first-order chi connectivity index (χ1) is 4.57. The average molecular weight is 143 g/mol. The van der Waals surface area contributed by atoms with Crippen LogP contribution in [0.2, 0.25) is 0 Å². The summed E-state index contributed by atoms with van der Waals surface area (Å²) in [6.45, 7) is 2.93. The Balaban J connectivity index is 2.38. The maximum Gasteiger partial charge on any atom is 0.0580 e. The third-order valence-electron chi connectivity index (χ3n) is 2.41. The summed E-state index contributed by atoms with van der Waals surface area (Å²) in [6, 6.07) is 0. The Morgan fingerprint density at radius 3 is 2.10 bits per heavy atom. The quantitative estimate of drug-likeness (QED) is 0.629. The first-order valence-corrected chi connectivity index (χ1v) is 3.90. The van der Waals surface area contributed by atoms with Crippen molar-refractivity contribution < 1.29 is 5.11 Å². The van der Waals surface area contributed by atoms with Crippen molar-refractivity contribution in [1.29, 1.82) is 0 Å². The zero-order chi connectivity index (χ0) is 7.78. The normalized spacial score (nSPS) is 24.9. The minimum atomic E-state index is -0.130. The Bertz CT molecular complexity index is 116. The third-order valence-corrected chi connectivity index (χ3v) is 2.41. The molecule has 2 nitrogen and oxygen atoms in total. The smallest absolute Gasteiger partial charge is 0.0580 e. The van der Waals surface area contributed by atoms with Gasteiger partial charge in [-0.1, -0.05) is 0 Å². The van der Waals surface area contributed by atoms with Gasteiger partial charge in [-0.05, 0) is 33.9 Å². The molecule has 0 aromatic carbocycles. The molecule has 1 unspecified atom stereocenters. The number of hydrogen-bond donors (Lipinski definition) is 1. The van der Waals surface area contributed by atoms with E-state index < -0.39 is 0 Å². The van der Waals surface area contributed by atoms with Gasteiger partial charge in [0.2, 0.25) is 0 Å². The molecule has 1 aliphatic carbocycles. The number of rotatable bonds is 3. The van der Waals surface area contributed by atoms with Crippen LogP contribution < -0.4 is 0 Å². The van der Waals surface area contributed by atoms with Crippen LogP contribution in [0.3, 0.4) is 0 Å². The number of aliphatic hydroxyl groups is 1. The fourth-order valence-corrected chi connectivity index (χ4v) is 1.50.